The summed E-state index contributed by atoms with van der Waals surface area (Å²) in [6, 6.07) is 0. The molecule has 8 nitrogen and oxygen atoms in total. The number of nitrogens with one attached hydrogen (secondary N) is 1. The molecule has 0 spiro atoms. The second-order valence-electron chi connectivity index (χ2n) is 1.42. The summed E-state index contributed by atoms with van der Waals surface area (Å²) in [5.74, 6) is 0.306. The zero-order chi connectivity index (χ0) is 8.69. The second-order valence-corrected chi connectivity index (χ2v) is 1.42. The molecule has 1 heterocycles. The summed E-state index contributed by atoms with van der Waals surface area (Å²) in [6.45, 7) is 0. The molecule has 8 heteroatoms. The number of aliphatic imine (C=N–C) groups is 1. The number of tetrazole rings is 1. The van der Waals surface area contributed by atoms with Gasteiger partial charge in [-0.25, -0.2) is 0 Å². The number of rotatable bonds is 0. The number of H-pyrrole nitrogens is 1. The maximum absolute atomic E-state index is 4.96. The van der Waals surface area contributed by atoms with Crippen molar-refractivity contribution in [3.05, 3.63) is 0 Å². The zero-order valence-electron chi connectivity index (χ0n) is 6.02. The van der Waals surface area contributed by atoms with Gasteiger partial charge in [0.05, 0.1) is 0 Å². The van der Waals surface area contributed by atoms with Crippen molar-refractivity contribution in [3.8, 4) is 0 Å². The van der Waals surface area contributed by atoms with Gasteiger partial charge >= 0.3 is 0 Å². The van der Waals surface area contributed by atoms with Crippen molar-refractivity contribution >= 4 is 11.9 Å². The summed E-state index contributed by atoms with van der Waals surface area (Å²) in [5.41, 5.74) is 14.6. The number of hydrogen-bond acceptors (Lipinski definition) is 5. The van der Waals surface area contributed by atoms with Crippen LogP contribution >= 0.6 is 0 Å². The first-order chi connectivity index (χ1) is 5.16. The average molecular weight is 158 g/mol. The lowest BCUT2D eigenvalue weighted by atomic mass is 11.1. The lowest BCUT2D eigenvalue weighted by molar-refractivity contribution is 0.881. The Morgan fingerprint density at radius 2 is 2.09 bits per heavy atom. The van der Waals surface area contributed by atoms with Crippen LogP contribution < -0.4 is 17.2 Å². The van der Waals surface area contributed by atoms with Crippen LogP contribution in [0.2, 0.25) is 0 Å². The Morgan fingerprint density at radius 3 is 2.18 bits per heavy atom. The molecule has 1 aromatic rings. The Kier molecular flexibility index (Phi) is 4.13. The lowest BCUT2D eigenvalue weighted by Gasteiger charge is -1.77. The highest BCUT2D eigenvalue weighted by Crippen LogP contribution is 1.72. The molecule has 0 aromatic carbocycles. The van der Waals surface area contributed by atoms with Crippen molar-refractivity contribution in [2.75, 3.05) is 12.8 Å². The fourth-order valence-electron chi connectivity index (χ4n) is 0.170. The van der Waals surface area contributed by atoms with E-state index in [1.165, 1.54) is 7.05 Å². The molecule has 1 aromatic heterocycles. The topological polar surface area (TPSA) is 145 Å². The summed E-state index contributed by atoms with van der Waals surface area (Å²) in [4.78, 5) is 3.36. The van der Waals surface area contributed by atoms with Crippen molar-refractivity contribution in [1.82, 2.24) is 20.6 Å². The minimum absolute atomic E-state index is 0.130. The molecule has 62 valence electrons. The van der Waals surface area contributed by atoms with E-state index in [1.54, 1.807) is 0 Å². The third-order valence-corrected chi connectivity index (χ3v) is 0.620. The lowest BCUT2D eigenvalue weighted by Crippen LogP contribution is -2.21. The van der Waals surface area contributed by atoms with Gasteiger partial charge < -0.3 is 17.2 Å². The quantitative estimate of drug-likeness (QED) is 0.246. The first kappa shape index (κ1) is 9.14. The fourth-order valence-corrected chi connectivity index (χ4v) is 0.170. The van der Waals surface area contributed by atoms with Gasteiger partial charge in [0, 0.05) is 7.05 Å². The Morgan fingerprint density at radius 1 is 1.55 bits per heavy atom. The highest BCUT2D eigenvalue weighted by molar-refractivity contribution is 5.75. The standard InChI is InChI=1S/C2H7N3.CH3N5/c1-5-2(3)4;2-1-3-5-6-4-1/h1H3,(H4,3,4,5);(H3,2,3,4,5,6). The molecule has 0 saturated carbocycles. The van der Waals surface area contributed by atoms with Crippen LogP contribution in [0.3, 0.4) is 0 Å². The van der Waals surface area contributed by atoms with E-state index >= 15 is 0 Å². The summed E-state index contributed by atoms with van der Waals surface area (Å²) < 4.78 is 0. The van der Waals surface area contributed by atoms with E-state index in [0.29, 0.717) is 0 Å². The largest absolute Gasteiger partial charge is 0.370 e. The molecule has 0 aliphatic rings. The van der Waals surface area contributed by atoms with Crippen LogP contribution in [0.15, 0.2) is 4.99 Å². The number of guanidine groups is 1. The minimum Gasteiger partial charge on any atom is -0.370 e. The molecule has 0 amide bonds. The van der Waals surface area contributed by atoms with Crippen molar-refractivity contribution in [2.45, 2.75) is 0 Å². The maximum atomic E-state index is 4.96. The van der Waals surface area contributed by atoms with Gasteiger partial charge in [0.1, 0.15) is 0 Å². The number of aromatic amines is 1. The van der Waals surface area contributed by atoms with Gasteiger partial charge in [-0.2, -0.15) is 5.21 Å². The van der Waals surface area contributed by atoms with Gasteiger partial charge in [-0.05, 0) is 5.21 Å². The molecule has 0 aliphatic carbocycles. The molecule has 11 heavy (non-hydrogen) atoms. The van der Waals surface area contributed by atoms with Gasteiger partial charge in [0.2, 0.25) is 0 Å². The molecular formula is C3H10N8. The number of nitrogens with two attached hydrogens (primary N) is 3. The first-order valence-corrected chi connectivity index (χ1v) is 2.63. The minimum atomic E-state index is 0.130. The Balaban J connectivity index is 0.000000187. The molecule has 0 fully saturated rings. The van der Waals surface area contributed by atoms with E-state index in [4.69, 9.17) is 17.2 Å². The van der Waals surface area contributed by atoms with Crippen LogP contribution in [-0.2, 0) is 0 Å². The summed E-state index contributed by atoms with van der Waals surface area (Å²) in [6.07, 6.45) is 0. The van der Waals surface area contributed by atoms with Gasteiger partial charge in [-0.3, -0.25) is 4.99 Å². The molecule has 0 radical (unpaired) electrons. The van der Waals surface area contributed by atoms with E-state index in [9.17, 15) is 0 Å². The fraction of sp³-hybridized carbons (Fsp3) is 0.333. The Bertz CT molecular complexity index is 195. The SMILES string of the molecule is CN=C(N)N.Nc1nn[nH]n1. The predicted molar refractivity (Wildman–Crippen MR) is 40.3 cm³/mol. The number of nitrogen functional groups attached to an aromatic ring is 1. The van der Waals surface area contributed by atoms with Gasteiger partial charge in [-0.1, -0.05) is 5.10 Å². The smallest absolute Gasteiger partial charge is 0.260 e. The highest BCUT2D eigenvalue weighted by atomic mass is 15.5. The van der Waals surface area contributed by atoms with Crippen molar-refractivity contribution < 1.29 is 0 Å². The summed E-state index contributed by atoms with van der Waals surface area (Å²) in [7, 11) is 1.54. The average Bonchev–Trinajstić information content (AvgIpc) is 2.41. The van der Waals surface area contributed by atoms with Crippen LogP contribution in [0, 0.1) is 0 Å². The van der Waals surface area contributed by atoms with Crippen molar-refractivity contribution in [2.24, 2.45) is 16.5 Å². The molecule has 0 bridgehead atoms. The van der Waals surface area contributed by atoms with Gasteiger partial charge in [0.15, 0.2) is 5.96 Å². The molecule has 0 unspecified atom stereocenters. The number of anilines is 1. The number of nitrogens with zero attached hydrogens (tertiary/aromatic N) is 4. The summed E-state index contributed by atoms with van der Waals surface area (Å²) in [5, 5.41) is 12.0. The molecule has 7 N–H and O–H groups in total. The van der Waals surface area contributed by atoms with Crippen LogP contribution in [-0.4, -0.2) is 33.6 Å². The second kappa shape index (κ2) is 4.97. The van der Waals surface area contributed by atoms with E-state index in [0.717, 1.165) is 0 Å². The monoisotopic (exact) mass is 158 g/mol. The van der Waals surface area contributed by atoms with E-state index in [2.05, 4.69) is 25.6 Å². The van der Waals surface area contributed by atoms with Gasteiger partial charge in [0.25, 0.3) is 5.95 Å². The zero-order valence-corrected chi connectivity index (χ0v) is 6.02. The van der Waals surface area contributed by atoms with E-state index in [1.807, 2.05) is 0 Å². The van der Waals surface area contributed by atoms with E-state index < -0.39 is 0 Å². The first-order valence-electron chi connectivity index (χ1n) is 2.63. The van der Waals surface area contributed by atoms with Crippen LogP contribution in [0.1, 0.15) is 0 Å². The molecular weight excluding hydrogens is 148 g/mol. The van der Waals surface area contributed by atoms with Crippen LogP contribution in [0.4, 0.5) is 5.95 Å². The van der Waals surface area contributed by atoms with Gasteiger partial charge in [-0.15, -0.1) is 5.10 Å². The van der Waals surface area contributed by atoms with E-state index in [-0.39, 0.29) is 11.9 Å². The Labute approximate surface area is 62.9 Å². The maximum Gasteiger partial charge on any atom is 0.260 e. The third-order valence-electron chi connectivity index (χ3n) is 0.620. The van der Waals surface area contributed by atoms with Crippen LogP contribution in [0.5, 0.6) is 0 Å². The molecule has 0 aliphatic heterocycles. The molecule has 0 atom stereocenters. The third kappa shape index (κ3) is 6.02. The Hall–Kier alpha value is -1.86. The normalized spacial score (nSPS) is 7.73. The predicted octanol–water partition coefficient (Wildman–Crippen LogP) is -2.33. The molecule has 1 rings (SSSR count). The highest BCUT2D eigenvalue weighted by Gasteiger charge is 1.78. The van der Waals surface area contributed by atoms with Crippen molar-refractivity contribution in [3.63, 3.8) is 0 Å². The summed E-state index contributed by atoms with van der Waals surface area (Å²) >= 11 is 0. The number of aromatic nitrogens is 4. The molecule has 0 saturated heterocycles. The van der Waals surface area contributed by atoms with Crippen LogP contribution in [0.25, 0.3) is 0 Å². The number of hydrogen-bond donors (Lipinski definition) is 4. The van der Waals surface area contributed by atoms with Crippen molar-refractivity contribution in [1.29, 1.82) is 0 Å².